The van der Waals surface area contributed by atoms with E-state index in [1.165, 1.54) is 16.7 Å². The van der Waals surface area contributed by atoms with Crippen LogP contribution in [-0.4, -0.2) is 9.38 Å². The van der Waals surface area contributed by atoms with Crippen molar-refractivity contribution in [2.45, 2.75) is 13.8 Å². The van der Waals surface area contributed by atoms with Crippen LogP contribution in [0.5, 0.6) is 0 Å². The Morgan fingerprint density at radius 2 is 2.06 bits per heavy atom. The molecule has 0 spiro atoms. The molecule has 0 saturated heterocycles. The predicted molar refractivity (Wildman–Crippen MR) is 72.4 cm³/mol. The maximum Gasteiger partial charge on any atom is 0.206 e. The van der Waals surface area contributed by atoms with E-state index >= 15 is 0 Å². The summed E-state index contributed by atoms with van der Waals surface area (Å²) in [5.41, 5.74) is 10.8. The highest BCUT2D eigenvalue weighted by molar-refractivity contribution is 7.16. The van der Waals surface area contributed by atoms with Crippen molar-refractivity contribution in [3.05, 3.63) is 40.9 Å². The maximum absolute atomic E-state index is 5.89. The summed E-state index contributed by atoms with van der Waals surface area (Å²) >= 11 is 1.66. The van der Waals surface area contributed by atoms with Gasteiger partial charge in [0.1, 0.15) is 4.83 Å². The lowest BCUT2D eigenvalue weighted by atomic mass is 10.0. The summed E-state index contributed by atoms with van der Waals surface area (Å²) in [6, 6.07) is 6.46. The summed E-state index contributed by atoms with van der Waals surface area (Å²) in [6.45, 7) is 4.24. The van der Waals surface area contributed by atoms with Gasteiger partial charge in [0, 0.05) is 5.38 Å². The average molecular weight is 243 g/mol. The Hall–Kier alpha value is -1.81. The summed E-state index contributed by atoms with van der Waals surface area (Å²) in [7, 11) is 0. The molecule has 0 amide bonds. The van der Waals surface area contributed by atoms with Crippen LogP contribution in [0.3, 0.4) is 0 Å². The van der Waals surface area contributed by atoms with Crippen LogP contribution in [0.15, 0.2) is 29.8 Å². The molecule has 17 heavy (non-hydrogen) atoms. The van der Waals surface area contributed by atoms with Crippen LogP contribution in [0.25, 0.3) is 16.1 Å². The topological polar surface area (TPSA) is 43.3 Å². The van der Waals surface area contributed by atoms with Crippen LogP contribution in [-0.2, 0) is 0 Å². The molecule has 0 bridgehead atoms. The Morgan fingerprint density at radius 1 is 1.24 bits per heavy atom. The lowest BCUT2D eigenvalue weighted by Gasteiger charge is -2.05. The molecule has 0 atom stereocenters. The average Bonchev–Trinajstić information content (AvgIpc) is 2.86. The summed E-state index contributed by atoms with van der Waals surface area (Å²) in [5.74, 6) is 0.550. The highest BCUT2D eigenvalue weighted by Crippen LogP contribution is 2.29. The maximum atomic E-state index is 5.89. The van der Waals surface area contributed by atoms with Gasteiger partial charge in [0.15, 0.2) is 0 Å². The zero-order chi connectivity index (χ0) is 12.0. The molecule has 0 fully saturated rings. The molecule has 2 N–H and O–H groups in total. The molecule has 2 aromatic heterocycles. The molecule has 3 rings (SSSR count). The number of benzene rings is 1. The number of anilines is 1. The number of nitrogens with zero attached hydrogens (tertiary/aromatic N) is 2. The van der Waals surface area contributed by atoms with Gasteiger partial charge in [0.05, 0.1) is 11.9 Å². The van der Waals surface area contributed by atoms with E-state index in [1.54, 1.807) is 11.3 Å². The van der Waals surface area contributed by atoms with Gasteiger partial charge in [-0.05, 0) is 36.6 Å². The summed E-state index contributed by atoms with van der Waals surface area (Å²) in [5, 5.41) is 2.12. The first-order valence-corrected chi connectivity index (χ1v) is 6.33. The van der Waals surface area contributed by atoms with Gasteiger partial charge >= 0.3 is 0 Å². The molecule has 86 valence electrons. The monoisotopic (exact) mass is 243 g/mol. The van der Waals surface area contributed by atoms with Crippen molar-refractivity contribution < 1.29 is 0 Å². The van der Waals surface area contributed by atoms with E-state index in [9.17, 15) is 0 Å². The highest BCUT2D eigenvalue weighted by atomic mass is 32.1. The van der Waals surface area contributed by atoms with Crippen LogP contribution < -0.4 is 5.73 Å². The van der Waals surface area contributed by atoms with Gasteiger partial charge in [-0.3, -0.25) is 4.40 Å². The molecule has 0 unspecified atom stereocenters. The van der Waals surface area contributed by atoms with E-state index < -0.39 is 0 Å². The molecule has 2 heterocycles. The summed E-state index contributed by atoms with van der Waals surface area (Å²) < 4.78 is 1.99. The number of nitrogens with two attached hydrogens (primary N) is 1. The smallest absolute Gasteiger partial charge is 0.206 e. The van der Waals surface area contributed by atoms with Gasteiger partial charge in [0.25, 0.3) is 0 Å². The van der Waals surface area contributed by atoms with E-state index in [0.717, 1.165) is 10.5 Å². The van der Waals surface area contributed by atoms with Gasteiger partial charge in [0.2, 0.25) is 5.95 Å². The Balaban J connectivity index is 2.26. The number of hydrogen-bond donors (Lipinski definition) is 1. The fourth-order valence-corrected chi connectivity index (χ4v) is 2.83. The van der Waals surface area contributed by atoms with Crippen molar-refractivity contribution in [1.29, 1.82) is 0 Å². The van der Waals surface area contributed by atoms with Crippen LogP contribution in [0.4, 0.5) is 5.95 Å². The number of fused-ring (bicyclic) bond motifs is 1. The minimum Gasteiger partial charge on any atom is -0.369 e. The van der Waals surface area contributed by atoms with E-state index in [0.29, 0.717) is 5.95 Å². The molecular formula is C13H13N3S. The van der Waals surface area contributed by atoms with Crippen molar-refractivity contribution in [3.63, 3.8) is 0 Å². The molecule has 0 aliphatic heterocycles. The zero-order valence-corrected chi connectivity index (χ0v) is 10.6. The van der Waals surface area contributed by atoms with Crippen molar-refractivity contribution in [2.24, 2.45) is 0 Å². The van der Waals surface area contributed by atoms with Gasteiger partial charge in [-0.15, -0.1) is 11.3 Å². The minimum atomic E-state index is 0.550. The quantitative estimate of drug-likeness (QED) is 0.713. The molecule has 1 aromatic carbocycles. The van der Waals surface area contributed by atoms with Gasteiger partial charge in [-0.2, -0.15) is 0 Å². The molecule has 4 heteroatoms. The second-order valence-electron chi connectivity index (χ2n) is 4.21. The molecule has 0 saturated carbocycles. The third kappa shape index (κ3) is 1.52. The van der Waals surface area contributed by atoms with Crippen LogP contribution >= 0.6 is 11.3 Å². The lowest BCUT2D eigenvalue weighted by molar-refractivity contribution is 1.20. The van der Waals surface area contributed by atoms with Gasteiger partial charge < -0.3 is 5.73 Å². The number of hydrogen-bond acceptors (Lipinski definition) is 3. The fraction of sp³-hybridized carbons (Fsp3) is 0.154. The number of aryl methyl sites for hydroxylation is 2. The first-order valence-electron chi connectivity index (χ1n) is 5.45. The number of nitrogen functional groups attached to an aromatic ring is 1. The molecule has 0 aliphatic carbocycles. The van der Waals surface area contributed by atoms with Crippen molar-refractivity contribution in [1.82, 2.24) is 9.38 Å². The van der Waals surface area contributed by atoms with Crippen LogP contribution in [0.1, 0.15) is 11.1 Å². The third-order valence-corrected chi connectivity index (χ3v) is 3.96. The second kappa shape index (κ2) is 3.60. The van der Waals surface area contributed by atoms with Crippen molar-refractivity contribution >= 4 is 22.1 Å². The van der Waals surface area contributed by atoms with Crippen LogP contribution in [0.2, 0.25) is 0 Å². The standard InChI is InChI=1S/C13H13N3S/c1-8-3-4-10(5-9(8)2)11-7-17-12-6-15-13(14)16(11)12/h3-7H,1-2H3,(H2,14,15). The second-order valence-corrected chi connectivity index (χ2v) is 5.10. The Labute approximate surface area is 104 Å². The minimum absolute atomic E-state index is 0.550. The van der Waals surface area contributed by atoms with Crippen LogP contribution in [0, 0.1) is 13.8 Å². The first kappa shape index (κ1) is 10.4. The summed E-state index contributed by atoms with van der Waals surface area (Å²) in [6.07, 6.45) is 1.81. The first-order chi connectivity index (χ1) is 8.16. The number of rotatable bonds is 1. The number of aromatic nitrogens is 2. The van der Waals surface area contributed by atoms with E-state index in [-0.39, 0.29) is 0 Å². The predicted octanol–water partition coefficient (Wildman–Crippen LogP) is 3.26. The van der Waals surface area contributed by atoms with E-state index in [4.69, 9.17) is 5.73 Å². The Kier molecular flexibility index (Phi) is 2.19. The van der Waals surface area contributed by atoms with Crippen molar-refractivity contribution in [2.75, 3.05) is 5.73 Å². The summed E-state index contributed by atoms with van der Waals surface area (Å²) in [4.78, 5) is 5.21. The molecular weight excluding hydrogens is 230 g/mol. The molecule has 0 aliphatic rings. The number of thiazole rings is 1. The molecule has 0 radical (unpaired) electrons. The third-order valence-electron chi connectivity index (χ3n) is 3.09. The van der Waals surface area contributed by atoms with Crippen molar-refractivity contribution in [3.8, 4) is 11.3 Å². The normalized spacial score (nSPS) is 11.2. The molecule has 3 aromatic rings. The van der Waals surface area contributed by atoms with E-state index in [2.05, 4.69) is 42.4 Å². The van der Waals surface area contributed by atoms with E-state index in [1.807, 2.05) is 10.6 Å². The highest BCUT2D eigenvalue weighted by Gasteiger charge is 2.10. The fourth-order valence-electron chi connectivity index (χ4n) is 1.94. The lowest BCUT2D eigenvalue weighted by Crippen LogP contribution is -1.95. The number of imidazole rings is 1. The Bertz CT molecular complexity index is 694. The zero-order valence-electron chi connectivity index (χ0n) is 9.77. The SMILES string of the molecule is Cc1ccc(-c2csc3cnc(N)n23)cc1C. The Morgan fingerprint density at radius 3 is 2.82 bits per heavy atom. The molecule has 3 nitrogen and oxygen atoms in total. The van der Waals surface area contributed by atoms with Gasteiger partial charge in [-0.1, -0.05) is 12.1 Å². The largest absolute Gasteiger partial charge is 0.369 e. The van der Waals surface area contributed by atoms with Gasteiger partial charge in [-0.25, -0.2) is 4.98 Å².